The number of hydrogen-bond acceptors (Lipinski definition) is 17. The van der Waals surface area contributed by atoms with Crippen molar-refractivity contribution in [1.82, 2.24) is 0 Å². The Bertz CT molecular complexity index is 4730. The number of anilines is 6. The number of rotatable bonds is 16. The normalized spacial score (nSPS) is 12.1. The van der Waals surface area contributed by atoms with Gasteiger partial charge in [0.25, 0.3) is 84.3 Å². The first-order chi connectivity index (χ1) is 39.8. The molecule has 6 amide bonds. The predicted octanol–water partition coefficient (Wildman–Crippen LogP) is 6.02. The Morgan fingerprint density at radius 3 is 0.943 bits per heavy atom. The van der Waals surface area contributed by atoms with Gasteiger partial charge in [0.15, 0.2) is 0 Å². The summed E-state index contributed by atoms with van der Waals surface area (Å²) in [5.41, 5.74) is -3.97. The molecule has 1 radical (unpaired) electrons. The molecule has 0 aromatic heterocycles. The molecular formula is C49H34F2N6NaO23S6. The van der Waals surface area contributed by atoms with Crippen molar-refractivity contribution in [3.05, 3.63) is 167 Å². The van der Waals surface area contributed by atoms with E-state index in [1.807, 2.05) is 0 Å². The van der Waals surface area contributed by atoms with Gasteiger partial charge in [-0.3, -0.25) is 46.5 Å². The summed E-state index contributed by atoms with van der Waals surface area (Å²) in [6.07, 6.45) is 0. The summed E-state index contributed by atoms with van der Waals surface area (Å²) >= 11 is 0. The summed E-state index contributed by atoms with van der Waals surface area (Å²) in [7, 11) is -32.2. The fourth-order valence-corrected chi connectivity index (χ4v) is 12.3. The van der Waals surface area contributed by atoms with Gasteiger partial charge in [-0.25, -0.2) is 13.6 Å². The molecule has 0 aliphatic heterocycles. The van der Waals surface area contributed by atoms with Crippen LogP contribution in [0.25, 0.3) is 21.5 Å². The molecule has 0 heterocycles. The second-order valence-corrected chi connectivity index (χ2v) is 26.1. The Morgan fingerprint density at radius 2 is 0.632 bits per heavy atom. The Hall–Kier alpha value is -8.25. The number of hydrogen-bond donors (Lipinski definition) is 12. The molecule has 0 aliphatic carbocycles. The molecule has 8 aromatic rings. The maximum Gasteiger partial charge on any atom is 0.323 e. The summed E-state index contributed by atoms with van der Waals surface area (Å²) in [6.45, 7) is 0. The van der Waals surface area contributed by atoms with Crippen molar-refractivity contribution in [3.63, 3.8) is 0 Å². The SMILES string of the molecule is O=C(Nc1cccc(C(=O)Nc2cc(C(=O)Nc3ccc(S(=O)(=O)O)c4cc(S(=O)(=O)O)cc(S(=O)(=O)O)c34)ccc2F)c1)Nc1cccc(C(=O)Nc2cc(C(=O)Nc3ccc(S(=O)(=O)O)c4cc(S(=O)(=O)O)cc(S(=O)(=O)O)c34)ccc2F)c1.[Na]. The maximum absolute atomic E-state index is 15.2. The van der Waals surface area contributed by atoms with E-state index >= 15 is 8.78 Å². The summed E-state index contributed by atoms with van der Waals surface area (Å²) in [6, 6.07) is 17.9. The average molecular weight is 1330 g/mol. The van der Waals surface area contributed by atoms with E-state index in [2.05, 4.69) is 31.9 Å². The third kappa shape index (κ3) is 15.1. The molecule has 0 saturated heterocycles. The van der Waals surface area contributed by atoms with E-state index in [0.717, 1.165) is 60.7 Å². The topological polar surface area (TPSA) is 484 Å². The maximum atomic E-state index is 15.2. The molecule has 38 heteroatoms. The van der Waals surface area contributed by atoms with E-state index < -0.39 is 187 Å². The third-order valence-corrected chi connectivity index (χ3v) is 17.2. The summed E-state index contributed by atoms with van der Waals surface area (Å²) < 4.78 is 236. The Labute approximate surface area is 511 Å². The number of fused-ring (bicyclic) bond motifs is 2. The minimum atomic E-state index is -5.51. The van der Waals surface area contributed by atoms with E-state index in [4.69, 9.17) is 0 Å². The fourth-order valence-electron chi connectivity index (χ4n) is 8.22. The zero-order valence-electron chi connectivity index (χ0n) is 43.0. The monoisotopic (exact) mass is 1330 g/mol. The minimum absolute atomic E-state index is 0. The number of carbonyl (C=O) groups excluding carboxylic acids is 5. The van der Waals surface area contributed by atoms with Gasteiger partial charge in [-0.2, -0.15) is 50.5 Å². The number of benzene rings is 8. The summed E-state index contributed by atoms with van der Waals surface area (Å²) in [4.78, 5) is 59.7. The molecule has 0 spiro atoms. The zero-order chi connectivity index (χ0) is 63.4. The van der Waals surface area contributed by atoms with Crippen LogP contribution in [0.3, 0.4) is 0 Å². The van der Waals surface area contributed by atoms with Gasteiger partial charge < -0.3 is 31.9 Å². The smallest absolute Gasteiger partial charge is 0.321 e. The van der Waals surface area contributed by atoms with E-state index in [1.54, 1.807) is 0 Å². The summed E-state index contributed by atoms with van der Waals surface area (Å²) in [5, 5.41) is 10.1. The van der Waals surface area contributed by atoms with Crippen molar-refractivity contribution in [2.24, 2.45) is 0 Å². The molecule has 0 bridgehead atoms. The van der Waals surface area contributed by atoms with Crippen molar-refractivity contribution < 1.29 is 111 Å². The van der Waals surface area contributed by atoms with Gasteiger partial charge in [0.2, 0.25) is 0 Å². The minimum Gasteiger partial charge on any atom is -0.321 e. The Balaban J connectivity index is 0.0000108. The van der Waals surface area contributed by atoms with Gasteiger partial charge in [0.1, 0.15) is 31.2 Å². The van der Waals surface area contributed by atoms with Crippen LogP contribution in [0.1, 0.15) is 41.4 Å². The van der Waals surface area contributed by atoms with Crippen molar-refractivity contribution in [2.75, 3.05) is 31.9 Å². The molecule has 0 fully saturated rings. The van der Waals surface area contributed by atoms with Gasteiger partial charge >= 0.3 is 6.03 Å². The Morgan fingerprint density at radius 1 is 0.322 bits per heavy atom. The van der Waals surface area contributed by atoms with Crippen LogP contribution >= 0.6 is 0 Å². The van der Waals surface area contributed by atoms with Crippen LogP contribution in [0, 0.1) is 11.6 Å². The number of halogens is 2. The quantitative estimate of drug-likeness (QED) is 0.0388. The number of carbonyl (C=O) groups is 5. The third-order valence-electron chi connectivity index (χ3n) is 11.9. The van der Waals surface area contributed by atoms with Crippen LogP contribution in [0.15, 0.2) is 163 Å². The molecule has 0 saturated carbocycles. The largest absolute Gasteiger partial charge is 0.323 e. The van der Waals surface area contributed by atoms with Gasteiger partial charge in [-0.1, -0.05) is 12.1 Å². The van der Waals surface area contributed by atoms with Gasteiger partial charge in [-0.05, 0) is 121 Å². The van der Waals surface area contributed by atoms with E-state index in [1.165, 1.54) is 36.4 Å². The van der Waals surface area contributed by atoms with Gasteiger partial charge in [0, 0.05) is 84.7 Å². The van der Waals surface area contributed by atoms with Crippen LogP contribution in [0.5, 0.6) is 0 Å². The number of amides is 6. The van der Waals surface area contributed by atoms with Crippen LogP contribution in [0.4, 0.5) is 47.7 Å². The number of nitrogens with one attached hydrogen (secondary N) is 6. The molecule has 449 valence electrons. The molecule has 0 unspecified atom stereocenters. The second-order valence-electron chi connectivity index (χ2n) is 17.7. The van der Waals surface area contributed by atoms with Gasteiger partial charge in [0.05, 0.1) is 32.5 Å². The van der Waals surface area contributed by atoms with Gasteiger partial charge in [-0.15, -0.1) is 0 Å². The second kappa shape index (κ2) is 24.5. The summed E-state index contributed by atoms with van der Waals surface area (Å²) in [5.74, 6) is -6.68. The van der Waals surface area contributed by atoms with Crippen molar-refractivity contribution in [1.29, 1.82) is 0 Å². The molecule has 8 aromatic carbocycles. The molecule has 0 aliphatic rings. The van der Waals surface area contributed by atoms with E-state index in [9.17, 15) is 102 Å². The van der Waals surface area contributed by atoms with E-state index in [-0.39, 0.29) is 64.2 Å². The molecular weight excluding hydrogens is 1290 g/mol. The van der Waals surface area contributed by atoms with Crippen LogP contribution < -0.4 is 31.9 Å². The zero-order valence-corrected chi connectivity index (χ0v) is 49.9. The first-order valence-electron chi connectivity index (χ1n) is 23.0. The first kappa shape index (κ1) is 66.3. The van der Waals surface area contributed by atoms with Crippen LogP contribution in [-0.2, 0) is 60.7 Å². The van der Waals surface area contributed by atoms with Crippen molar-refractivity contribution in [2.45, 2.75) is 29.4 Å². The molecule has 87 heavy (non-hydrogen) atoms. The fraction of sp³-hybridized carbons (Fsp3) is 0. The van der Waals surface area contributed by atoms with E-state index in [0.29, 0.717) is 24.3 Å². The molecule has 8 rings (SSSR count). The Kier molecular flexibility index (Phi) is 18.7. The molecule has 12 N–H and O–H groups in total. The van der Waals surface area contributed by atoms with Crippen molar-refractivity contribution in [3.8, 4) is 0 Å². The van der Waals surface area contributed by atoms with Crippen molar-refractivity contribution >= 4 is 176 Å². The standard InChI is InChI=1S/C49H34F2N6O23S6.Na/c50-33-9-7-25(47(60)54-35-11-13-39(83(69,70)71)31-19-29(81(63,64)65)21-41(43(31)35)85(75,76)77)17-37(33)56-45(58)23-3-1-5-27(15-23)52-49(62)53-28-6-2-4-24(16-28)46(59)57-38-18-26(8-10-34(38)51)48(61)55-36-12-14-40(84(72,73)74)32-20-30(82(66,67)68)22-42(44(32)36)86(78,79)80;/h1-22H,(H,54,60)(H,55,61)(H,56,58)(H,57,59)(H2,52,53,62)(H,63,64,65)(H,66,67,68)(H,69,70,71)(H,72,73,74)(H,75,76,77)(H,78,79,80);. The molecule has 0 atom stereocenters. The van der Waals surface area contributed by atoms with Crippen LogP contribution in [-0.4, -0.2) is 137 Å². The molecule has 29 nitrogen and oxygen atoms in total. The first-order valence-corrected chi connectivity index (χ1v) is 31.6. The van der Waals surface area contributed by atoms with Crippen LogP contribution in [0.2, 0.25) is 0 Å². The predicted molar refractivity (Wildman–Crippen MR) is 303 cm³/mol. The number of urea groups is 1. The average Bonchev–Trinajstić information content (AvgIpc) is 0.849.